The average molecular weight is 322 g/mol. The third-order valence-corrected chi connectivity index (χ3v) is 4.33. The first-order chi connectivity index (χ1) is 9.15. The molecule has 0 amide bonds. The van der Waals surface area contributed by atoms with E-state index >= 15 is 0 Å². The number of aromatic nitrogens is 2. The maximum Gasteiger partial charge on any atom is 0.110 e. The van der Waals surface area contributed by atoms with E-state index in [4.69, 9.17) is 0 Å². The molecule has 4 heteroatoms. The van der Waals surface area contributed by atoms with Gasteiger partial charge in [0.1, 0.15) is 5.82 Å². The summed E-state index contributed by atoms with van der Waals surface area (Å²) in [6.07, 6.45) is 4.80. The second-order valence-corrected chi connectivity index (χ2v) is 5.54. The summed E-state index contributed by atoms with van der Waals surface area (Å²) in [4.78, 5) is 4.45. The van der Waals surface area contributed by atoms with Crippen molar-refractivity contribution >= 4 is 15.9 Å². The maximum absolute atomic E-state index is 4.45. The van der Waals surface area contributed by atoms with E-state index in [9.17, 15) is 0 Å². The van der Waals surface area contributed by atoms with Crippen molar-refractivity contribution in [3.8, 4) is 0 Å². The van der Waals surface area contributed by atoms with Crippen molar-refractivity contribution in [3.63, 3.8) is 0 Å². The molecule has 0 aliphatic rings. The zero-order chi connectivity index (χ0) is 13.8. The molecule has 0 bridgehead atoms. The second kappa shape index (κ2) is 6.35. The number of nitrogens with zero attached hydrogens (tertiary/aromatic N) is 2. The molecule has 0 saturated heterocycles. The van der Waals surface area contributed by atoms with E-state index in [2.05, 4.69) is 62.8 Å². The van der Waals surface area contributed by atoms with Crippen molar-refractivity contribution < 1.29 is 0 Å². The molecule has 102 valence electrons. The number of aryl methyl sites for hydroxylation is 2. The van der Waals surface area contributed by atoms with Gasteiger partial charge in [-0.15, -0.1) is 0 Å². The highest BCUT2D eigenvalue weighted by Gasteiger charge is 2.14. The molecule has 0 aliphatic heterocycles. The summed E-state index contributed by atoms with van der Waals surface area (Å²) in [6, 6.07) is 6.80. The summed E-state index contributed by atoms with van der Waals surface area (Å²) in [5.41, 5.74) is 2.54. The van der Waals surface area contributed by atoms with Gasteiger partial charge in [-0.05, 0) is 38.1 Å². The normalized spacial score (nSPS) is 12.6. The fourth-order valence-corrected chi connectivity index (χ4v) is 2.61. The van der Waals surface area contributed by atoms with Gasteiger partial charge in [-0.1, -0.05) is 28.1 Å². The van der Waals surface area contributed by atoms with Gasteiger partial charge in [-0.25, -0.2) is 4.98 Å². The van der Waals surface area contributed by atoms with Crippen molar-refractivity contribution in [2.45, 2.75) is 32.9 Å². The summed E-state index contributed by atoms with van der Waals surface area (Å²) in [6.45, 7) is 5.21. The first kappa shape index (κ1) is 14.3. The van der Waals surface area contributed by atoms with Crippen LogP contribution in [0.15, 0.2) is 35.1 Å². The Morgan fingerprint density at radius 2 is 2.21 bits per heavy atom. The number of likely N-dealkylation sites (N-methyl/N-ethyl adjacent to an activating group) is 1. The molecule has 1 aromatic carbocycles. The lowest BCUT2D eigenvalue weighted by atomic mass is 10.0. The lowest BCUT2D eigenvalue weighted by molar-refractivity contribution is 0.552. The fourth-order valence-electron chi connectivity index (χ4n) is 2.21. The summed E-state index contributed by atoms with van der Waals surface area (Å²) in [5.74, 6) is 1.12. The van der Waals surface area contributed by atoms with Gasteiger partial charge in [-0.3, -0.25) is 0 Å². The molecule has 0 fully saturated rings. The van der Waals surface area contributed by atoms with E-state index in [0.29, 0.717) is 0 Å². The lowest BCUT2D eigenvalue weighted by Gasteiger charge is -2.18. The van der Waals surface area contributed by atoms with Crippen LogP contribution in [0.4, 0.5) is 0 Å². The molecule has 2 rings (SSSR count). The van der Waals surface area contributed by atoms with Crippen LogP contribution in [0.5, 0.6) is 0 Å². The Morgan fingerprint density at radius 1 is 1.42 bits per heavy atom. The summed E-state index contributed by atoms with van der Waals surface area (Å²) >= 11 is 3.60. The van der Waals surface area contributed by atoms with E-state index in [1.54, 1.807) is 0 Å². The lowest BCUT2D eigenvalue weighted by Crippen LogP contribution is -2.20. The largest absolute Gasteiger partial charge is 0.335 e. The standard InChI is InChI=1S/C15H20BrN3/c1-4-19-8-7-18-15(19)10-14(17-3)12-6-5-11(2)13(16)9-12/h5-9,14,17H,4,10H2,1-3H3. The third-order valence-electron chi connectivity index (χ3n) is 3.48. The van der Waals surface area contributed by atoms with E-state index in [1.807, 2.05) is 19.4 Å². The Balaban J connectivity index is 2.22. The molecule has 1 atom stereocenters. The van der Waals surface area contributed by atoms with Crippen LogP contribution < -0.4 is 5.32 Å². The zero-order valence-electron chi connectivity index (χ0n) is 11.7. The van der Waals surface area contributed by atoms with Crippen LogP contribution in [0.3, 0.4) is 0 Å². The average Bonchev–Trinajstić information content (AvgIpc) is 2.86. The van der Waals surface area contributed by atoms with Gasteiger partial charge in [0.25, 0.3) is 0 Å². The molecule has 0 saturated carbocycles. The Labute approximate surface area is 123 Å². The monoisotopic (exact) mass is 321 g/mol. The van der Waals surface area contributed by atoms with E-state index < -0.39 is 0 Å². The predicted octanol–water partition coefficient (Wildman–Crippen LogP) is 3.48. The van der Waals surface area contributed by atoms with E-state index in [-0.39, 0.29) is 6.04 Å². The minimum atomic E-state index is 0.282. The number of halogens is 1. The zero-order valence-corrected chi connectivity index (χ0v) is 13.2. The van der Waals surface area contributed by atoms with Crippen LogP contribution in [0.25, 0.3) is 0 Å². The molecule has 2 aromatic rings. The molecular formula is C15H20BrN3. The minimum absolute atomic E-state index is 0.282. The predicted molar refractivity (Wildman–Crippen MR) is 82.3 cm³/mol. The number of imidazole rings is 1. The molecule has 1 aromatic heterocycles. The first-order valence-electron chi connectivity index (χ1n) is 6.59. The van der Waals surface area contributed by atoms with Crippen molar-refractivity contribution in [3.05, 3.63) is 52.0 Å². The Kier molecular flexibility index (Phi) is 4.77. The van der Waals surface area contributed by atoms with Gasteiger partial charge in [0.15, 0.2) is 0 Å². The van der Waals surface area contributed by atoms with Crippen molar-refractivity contribution in [2.24, 2.45) is 0 Å². The number of benzene rings is 1. The van der Waals surface area contributed by atoms with Crippen LogP contribution in [-0.2, 0) is 13.0 Å². The minimum Gasteiger partial charge on any atom is -0.335 e. The Bertz CT molecular complexity index is 548. The first-order valence-corrected chi connectivity index (χ1v) is 7.38. The van der Waals surface area contributed by atoms with Gasteiger partial charge < -0.3 is 9.88 Å². The highest BCUT2D eigenvalue weighted by molar-refractivity contribution is 9.10. The number of hydrogen-bond acceptors (Lipinski definition) is 2. The molecule has 0 aliphatic carbocycles. The van der Waals surface area contributed by atoms with Gasteiger partial charge in [-0.2, -0.15) is 0 Å². The fraction of sp³-hybridized carbons (Fsp3) is 0.400. The molecule has 3 nitrogen and oxygen atoms in total. The van der Waals surface area contributed by atoms with Crippen LogP contribution in [0.1, 0.15) is 29.9 Å². The van der Waals surface area contributed by atoms with Crippen LogP contribution >= 0.6 is 15.9 Å². The van der Waals surface area contributed by atoms with Crippen LogP contribution in [-0.4, -0.2) is 16.6 Å². The summed E-state index contributed by atoms with van der Waals surface area (Å²) in [7, 11) is 2.00. The SMILES string of the molecule is CCn1ccnc1CC(NC)c1ccc(C)c(Br)c1. The number of hydrogen-bond donors (Lipinski definition) is 1. The van der Waals surface area contributed by atoms with E-state index in [1.165, 1.54) is 11.1 Å². The third kappa shape index (κ3) is 3.25. The molecule has 0 spiro atoms. The highest BCUT2D eigenvalue weighted by Crippen LogP contribution is 2.23. The maximum atomic E-state index is 4.45. The van der Waals surface area contributed by atoms with Gasteiger partial charge in [0, 0.05) is 35.9 Å². The summed E-state index contributed by atoms with van der Waals surface area (Å²) < 4.78 is 3.34. The van der Waals surface area contributed by atoms with Crippen LogP contribution in [0.2, 0.25) is 0 Å². The Hall–Kier alpha value is -1.13. The molecule has 19 heavy (non-hydrogen) atoms. The second-order valence-electron chi connectivity index (χ2n) is 4.68. The molecule has 1 unspecified atom stereocenters. The topological polar surface area (TPSA) is 29.9 Å². The number of nitrogens with one attached hydrogen (secondary N) is 1. The molecule has 1 N–H and O–H groups in total. The van der Waals surface area contributed by atoms with Crippen molar-refractivity contribution in [1.29, 1.82) is 0 Å². The summed E-state index contributed by atoms with van der Waals surface area (Å²) in [5, 5.41) is 3.38. The van der Waals surface area contributed by atoms with Gasteiger partial charge in [0.2, 0.25) is 0 Å². The van der Waals surface area contributed by atoms with E-state index in [0.717, 1.165) is 23.3 Å². The van der Waals surface area contributed by atoms with Crippen LogP contribution in [0, 0.1) is 6.92 Å². The van der Waals surface area contributed by atoms with Crippen molar-refractivity contribution in [1.82, 2.24) is 14.9 Å². The number of rotatable bonds is 5. The smallest absolute Gasteiger partial charge is 0.110 e. The Morgan fingerprint density at radius 3 is 2.84 bits per heavy atom. The van der Waals surface area contributed by atoms with Crippen molar-refractivity contribution in [2.75, 3.05) is 7.05 Å². The molecular weight excluding hydrogens is 302 g/mol. The molecule has 1 heterocycles. The quantitative estimate of drug-likeness (QED) is 0.913. The highest BCUT2D eigenvalue weighted by atomic mass is 79.9. The molecule has 0 radical (unpaired) electrons. The van der Waals surface area contributed by atoms with Gasteiger partial charge >= 0.3 is 0 Å². The van der Waals surface area contributed by atoms with Gasteiger partial charge in [0.05, 0.1) is 0 Å².